The predicted octanol–water partition coefficient (Wildman–Crippen LogP) is 4.31. The summed E-state index contributed by atoms with van der Waals surface area (Å²) in [6, 6.07) is 9.01. The maximum absolute atomic E-state index is 5.81. The lowest BCUT2D eigenvalue weighted by Crippen LogP contribution is -2.31. The minimum absolute atomic E-state index is 0.337. The first-order valence-electron chi connectivity index (χ1n) is 9.81. The fourth-order valence-electron chi connectivity index (χ4n) is 4.56. The quantitative estimate of drug-likeness (QED) is 0.793. The number of rotatable bonds is 2. The Kier molecular flexibility index (Phi) is 4.24. The molecule has 1 aromatic carbocycles. The van der Waals surface area contributed by atoms with Gasteiger partial charge in [0, 0.05) is 25.7 Å². The molecule has 2 aliphatic heterocycles. The first kappa shape index (κ1) is 16.7. The van der Waals surface area contributed by atoms with Crippen LogP contribution in [0.15, 0.2) is 36.4 Å². The van der Waals surface area contributed by atoms with Gasteiger partial charge in [0.15, 0.2) is 11.6 Å². The molecule has 2 spiro atoms. The molecule has 0 amide bonds. The van der Waals surface area contributed by atoms with Crippen molar-refractivity contribution in [2.45, 2.75) is 50.1 Å². The maximum atomic E-state index is 5.81. The van der Waals surface area contributed by atoms with Crippen LogP contribution in [0.2, 0.25) is 0 Å². The monoisotopic (exact) mass is 354 g/mol. The zero-order chi connectivity index (χ0) is 17.5. The second-order valence-corrected chi connectivity index (χ2v) is 7.66. The summed E-state index contributed by atoms with van der Waals surface area (Å²) in [6.07, 6.45) is 10.2. The van der Waals surface area contributed by atoms with Crippen LogP contribution in [0.25, 0.3) is 11.1 Å². The van der Waals surface area contributed by atoms with Crippen molar-refractivity contribution in [3.05, 3.63) is 47.5 Å². The topological polar surface area (TPSA) is 36.9 Å². The van der Waals surface area contributed by atoms with Crippen molar-refractivity contribution in [2.24, 2.45) is 0 Å². The van der Waals surface area contributed by atoms with E-state index in [4.69, 9.17) is 18.9 Å². The molecule has 0 unspecified atom stereocenters. The fourth-order valence-corrected chi connectivity index (χ4v) is 4.56. The molecule has 0 saturated carbocycles. The highest BCUT2D eigenvalue weighted by atomic mass is 16.7. The Morgan fingerprint density at radius 1 is 0.577 bits per heavy atom. The third-order valence-corrected chi connectivity index (χ3v) is 6.12. The Bertz CT molecular complexity index is 656. The minimum atomic E-state index is -0.337. The zero-order valence-electron chi connectivity index (χ0n) is 15.2. The van der Waals surface area contributed by atoms with Gasteiger partial charge < -0.3 is 18.9 Å². The van der Waals surface area contributed by atoms with Crippen LogP contribution in [0.3, 0.4) is 0 Å². The summed E-state index contributed by atoms with van der Waals surface area (Å²) in [4.78, 5) is 0. The first-order chi connectivity index (χ1) is 12.8. The smallest absolute Gasteiger partial charge is 0.172 e. The van der Waals surface area contributed by atoms with Gasteiger partial charge in [0.1, 0.15) is 0 Å². The van der Waals surface area contributed by atoms with E-state index < -0.39 is 0 Å². The molecule has 2 heterocycles. The van der Waals surface area contributed by atoms with E-state index in [1.54, 1.807) is 0 Å². The number of allylic oxidation sites excluding steroid dienone is 2. The fraction of sp³-hybridized carbons (Fsp3) is 0.545. The van der Waals surface area contributed by atoms with Gasteiger partial charge in [-0.3, -0.25) is 0 Å². The summed E-state index contributed by atoms with van der Waals surface area (Å²) in [5.74, 6) is -0.673. The highest BCUT2D eigenvalue weighted by Gasteiger charge is 2.38. The van der Waals surface area contributed by atoms with E-state index >= 15 is 0 Å². The van der Waals surface area contributed by atoms with Crippen LogP contribution in [-0.2, 0) is 18.9 Å². The van der Waals surface area contributed by atoms with Gasteiger partial charge in [0.25, 0.3) is 0 Å². The predicted molar refractivity (Wildman–Crippen MR) is 99.4 cm³/mol. The molecule has 2 fully saturated rings. The van der Waals surface area contributed by atoms with Crippen LogP contribution in [0.4, 0.5) is 0 Å². The van der Waals surface area contributed by atoms with Crippen molar-refractivity contribution < 1.29 is 18.9 Å². The minimum Gasteiger partial charge on any atom is -0.347 e. The molecule has 2 aliphatic carbocycles. The number of hydrogen-bond acceptors (Lipinski definition) is 4. The van der Waals surface area contributed by atoms with Gasteiger partial charge in [-0.2, -0.15) is 0 Å². The molecule has 0 N–H and O–H groups in total. The summed E-state index contributed by atoms with van der Waals surface area (Å²) in [7, 11) is 0. The van der Waals surface area contributed by atoms with E-state index in [1.165, 1.54) is 22.3 Å². The highest BCUT2D eigenvalue weighted by Crippen LogP contribution is 2.40. The lowest BCUT2D eigenvalue weighted by atomic mass is 9.87. The number of hydrogen-bond donors (Lipinski definition) is 0. The molecular weight excluding hydrogens is 328 g/mol. The van der Waals surface area contributed by atoms with E-state index in [9.17, 15) is 0 Å². The van der Waals surface area contributed by atoms with Gasteiger partial charge >= 0.3 is 0 Å². The van der Waals surface area contributed by atoms with Gasteiger partial charge in [-0.1, -0.05) is 36.4 Å². The Morgan fingerprint density at radius 3 is 1.27 bits per heavy atom. The van der Waals surface area contributed by atoms with Crippen LogP contribution in [-0.4, -0.2) is 38.0 Å². The van der Waals surface area contributed by atoms with E-state index in [-0.39, 0.29) is 11.6 Å². The van der Waals surface area contributed by atoms with Crippen LogP contribution in [0.1, 0.15) is 49.7 Å². The van der Waals surface area contributed by atoms with Gasteiger partial charge in [0.05, 0.1) is 26.4 Å². The third kappa shape index (κ3) is 3.05. The van der Waals surface area contributed by atoms with Crippen LogP contribution in [0, 0.1) is 0 Å². The van der Waals surface area contributed by atoms with Crippen molar-refractivity contribution in [2.75, 3.05) is 26.4 Å². The van der Waals surface area contributed by atoms with E-state index in [1.807, 2.05) is 0 Å². The summed E-state index contributed by atoms with van der Waals surface area (Å²) in [6.45, 7) is 2.91. The summed E-state index contributed by atoms with van der Waals surface area (Å²) in [5, 5.41) is 0. The van der Waals surface area contributed by atoms with Crippen molar-refractivity contribution in [1.82, 2.24) is 0 Å². The van der Waals surface area contributed by atoms with E-state index in [0.717, 1.165) is 65.0 Å². The van der Waals surface area contributed by atoms with Crippen molar-refractivity contribution in [3.8, 4) is 0 Å². The number of ether oxygens (including phenoxy) is 4. The first-order valence-corrected chi connectivity index (χ1v) is 9.81. The SMILES string of the molecule is C1=C(c2ccc(C3=CCC4(CC3)OCCO4)cc2)CCC2(C1)OCCO2. The lowest BCUT2D eigenvalue weighted by Gasteiger charge is -2.31. The molecule has 26 heavy (non-hydrogen) atoms. The molecular formula is C22H26O4. The molecule has 0 bridgehead atoms. The molecule has 4 nitrogen and oxygen atoms in total. The molecule has 5 rings (SSSR count). The lowest BCUT2D eigenvalue weighted by molar-refractivity contribution is -0.160. The average Bonchev–Trinajstić information content (AvgIpc) is 3.34. The molecule has 138 valence electrons. The van der Waals surface area contributed by atoms with Crippen LogP contribution in [0.5, 0.6) is 0 Å². The van der Waals surface area contributed by atoms with E-state index in [2.05, 4.69) is 36.4 Å². The Hall–Kier alpha value is -1.46. The Morgan fingerprint density at radius 2 is 0.962 bits per heavy atom. The number of benzene rings is 1. The van der Waals surface area contributed by atoms with Gasteiger partial charge in [-0.05, 0) is 35.1 Å². The largest absolute Gasteiger partial charge is 0.347 e. The highest BCUT2D eigenvalue weighted by molar-refractivity contribution is 5.71. The second-order valence-electron chi connectivity index (χ2n) is 7.66. The van der Waals surface area contributed by atoms with Crippen molar-refractivity contribution in [1.29, 1.82) is 0 Å². The summed E-state index contributed by atoms with van der Waals surface area (Å²) in [5.41, 5.74) is 5.45. The molecule has 4 aliphatic rings. The molecule has 0 atom stereocenters. The third-order valence-electron chi connectivity index (χ3n) is 6.12. The zero-order valence-corrected chi connectivity index (χ0v) is 15.2. The van der Waals surface area contributed by atoms with Crippen molar-refractivity contribution in [3.63, 3.8) is 0 Å². The normalized spacial score (nSPS) is 26.9. The van der Waals surface area contributed by atoms with Gasteiger partial charge in [-0.15, -0.1) is 0 Å². The standard InChI is InChI=1S/C22H26O4/c1-2-18(20-7-11-22(12-8-20)25-15-16-26-22)4-3-17(1)19-5-9-21(10-6-19)23-13-14-24-21/h1-5,7H,6,8-16H2. The van der Waals surface area contributed by atoms with Gasteiger partial charge in [-0.25, -0.2) is 0 Å². The molecule has 0 aromatic heterocycles. The van der Waals surface area contributed by atoms with Crippen LogP contribution >= 0.6 is 0 Å². The van der Waals surface area contributed by atoms with E-state index in [0.29, 0.717) is 0 Å². The van der Waals surface area contributed by atoms with Gasteiger partial charge in [0.2, 0.25) is 0 Å². The Balaban J connectivity index is 1.28. The Labute approximate surface area is 154 Å². The molecule has 0 radical (unpaired) electrons. The van der Waals surface area contributed by atoms with Crippen LogP contribution < -0.4 is 0 Å². The van der Waals surface area contributed by atoms with Crippen molar-refractivity contribution >= 4 is 11.1 Å². The average molecular weight is 354 g/mol. The summed E-state index contributed by atoms with van der Waals surface area (Å²) >= 11 is 0. The molecule has 2 saturated heterocycles. The molecule has 4 heteroatoms. The summed E-state index contributed by atoms with van der Waals surface area (Å²) < 4.78 is 23.2. The maximum Gasteiger partial charge on any atom is 0.172 e. The molecule has 1 aromatic rings. The second kappa shape index (κ2) is 6.61.